The first-order valence-corrected chi connectivity index (χ1v) is 6.09. The number of nitrogens with zero attached hydrogens (tertiary/aromatic N) is 3. The van der Waals surface area contributed by atoms with Gasteiger partial charge in [-0.2, -0.15) is 0 Å². The third kappa shape index (κ3) is 2.42. The number of aromatic nitrogens is 2. The molecule has 6 heteroatoms. The van der Waals surface area contributed by atoms with Crippen LogP contribution in [0, 0.1) is 0 Å². The van der Waals surface area contributed by atoms with E-state index < -0.39 is 0 Å². The molecule has 2 aromatic heterocycles. The van der Waals surface area contributed by atoms with E-state index in [4.69, 9.17) is 0 Å². The summed E-state index contributed by atoms with van der Waals surface area (Å²) in [5.74, 6) is 0.419. The van der Waals surface area contributed by atoms with E-state index in [9.17, 15) is 9.59 Å². The van der Waals surface area contributed by atoms with Crippen molar-refractivity contribution in [1.82, 2.24) is 14.7 Å². The minimum Gasteiger partial charge on any atom is -0.358 e. The molecule has 2 rings (SSSR count). The van der Waals surface area contributed by atoms with E-state index in [1.165, 1.54) is 0 Å². The van der Waals surface area contributed by atoms with Crippen LogP contribution in [0.1, 0.15) is 17.4 Å². The van der Waals surface area contributed by atoms with Crippen LogP contribution < -0.4 is 10.2 Å². The average molecular weight is 260 g/mol. The second-order valence-corrected chi connectivity index (χ2v) is 4.05. The second-order valence-electron chi connectivity index (χ2n) is 4.05. The number of anilines is 1. The Kier molecular flexibility index (Phi) is 3.79. The van der Waals surface area contributed by atoms with Gasteiger partial charge in [-0.05, 0) is 19.1 Å². The number of carbonyl (C=O) groups excluding carboxylic acids is 2. The first-order valence-electron chi connectivity index (χ1n) is 6.09. The van der Waals surface area contributed by atoms with Crippen molar-refractivity contribution in [3.05, 3.63) is 30.1 Å². The van der Waals surface area contributed by atoms with Crippen LogP contribution >= 0.6 is 0 Å². The number of nitrogens with one attached hydrogen (secondary N) is 1. The van der Waals surface area contributed by atoms with E-state index in [1.54, 1.807) is 22.5 Å². The van der Waals surface area contributed by atoms with Gasteiger partial charge >= 0.3 is 0 Å². The van der Waals surface area contributed by atoms with Crippen molar-refractivity contribution in [2.75, 3.05) is 25.0 Å². The quantitative estimate of drug-likeness (QED) is 0.804. The fourth-order valence-corrected chi connectivity index (χ4v) is 1.93. The Hall–Kier alpha value is -2.37. The normalized spacial score (nSPS) is 10.4. The van der Waals surface area contributed by atoms with E-state index in [1.807, 2.05) is 25.1 Å². The molecule has 1 amide bonds. The van der Waals surface area contributed by atoms with Crippen LogP contribution in [0.2, 0.25) is 0 Å². The molecular formula is C13H16N4O2. The standard InChI is InChI=1S/C13H16N4O2/c1-3-16(8-12(19)14-2)13-10(9-18)17-7-5-4-6-11(17)15-13/h4-7,9H,3,8H2,1-2H3,(H,14,19). The number of aldehydes is 1. The molecule has 0 atom stereocenters. The van der Waals surface area contributed by atoms with Crippen LogP contribution in [-0.4, -0.2) is 41.7 Å². The molecule has 0 aliphatic heterocycles. The van der Waals surface area contributed by atoms with Gasteiger partial charge in [-0.25, -0.2) is 4.98 Å². The Labute approximate surface area is 111 Å². The molecule has 2 aromatic rings. The van der Waals surface area contributed by atoms with Crippen molar-refractivity contribution in [3.63, 3.8) is 0 Å². The van der Waals surface area contributed by atoms with Crippen LogP contribution in [0.4, 0.5) is 5.82 Å². The first-order chi connectivity index (χ1) is 9.21. The zero-order valence-corrected chi connectivity index (χ0v) is 11.0. The van der Waals surface area contributed by atoms with Crippen LogP contribution in [-0.2, 0) is 4.79 Å². The van der Waals surface area contributed by atoms with E-state index in [0.29, 0.717) is 23.7 Å². The molecule has 0 aromatic carbocycles. The fraction of sp³-hybridized carbons (Fsp3) is 0.308. The predicted octanol–water partition coefficient (Wildman–Crippen LogP) is 0.719. The van der Waals surface area contributed by atoms with Gasteiger partial charge in [0.05, 0.1) is 6.54 Å². The number of carbonyl (C=O) groups is 2. The SMILES string of the molecule is CCN(CC(=O)NC)c1nc2ccccn2c1C=O. The van der Waals surface area contributed by atoms with Crippen LogP contribution in [0.15, 0.2) is 24.4 Å². The van der Waals surface area contributed by atoms with Gasteiger partial charge in [0.1, 0.15) is 11.3 Å². The zero-order chi connectivity index (χ0) is 13.8. The average Bonchev–Trinajstić information content (AvgIpc) is 2.82. The molecule has 0 spiro atoms. The van der Waals surface area contributed by atoms with Gasteiger partial charge in [0.25, 0.3) is 0 Å². The summed E-state index contributed by atoms with van der Waals surface area (Å²) in [6.07, 6.45) is 2.55. The zero-order valence-electron chi connectivity index (χ0n) is 11.0. The summed E-state index contributed by atoms with van der Waals surface area (Å²) in [5.41, 5.74) is 1.15. The first kappa shape index (κ1) is 13.1. The van der Waals surface area contributed by atoms with Gasteiger partial charge in [-0.15, -0.1) is 0 Å². The number of amides is 1. The Bertz CT molecular complexity index is 606. The van der Waals surface area contributed by atoms with E-state index in [2.05, 4.69) is 10.3 Å². The molecule has 0 saturated heterocycles. The van der Waals surface area contributed by atoms with Crippen molar-refractivity contribution < 1.29 is 9.59 Å². The Morgan fingerprint density at radius 2 is 2.32 bits per heavy atom. The summed E-state index contributed by atoms with van der Waals surface area (Å²) in [7, 11) is 1.58. The van der Waals surface area contributed by atoms with Gasteiger partial charge in [-0.1, -0.05) is 6.07 Å². The van der Waals surface area contributed by atoms with Crippen molar-refractivity contribution >= 4 is 23.7 Å². The molecule has 0 aliphatic carbocycles. The Balaban J connectivity index is 2.47. The van der Waals surface area contributed by atoms with Gasteiger partial charge in [0.15, 0.2) is 12.1 Å². The van der Waals surface area contributed by atoms with E-state index >= 15 is 0 Å². The molecule has 0 unspecified atom stereocenters. The minimum atomic E-state index is -0.115. The van der Waals surface area contributed by atoms with Gasteiger partial charge in [0.2, 0.25) is 5.91 Å². The molecule has 6 nitrogen and oxygen atoms in total. The lowest BCUT2D eigenvalue weighted by molar-refractivity contribution is -0.119. The largest absolute Gasteiger partial charge is 0.358 e. The van der Waals surface area contributed by atoms with E-state index in [-0.39, 0.29) is 12.5 Å². The highest BCUT2D eigenvalue weighted by atomic mass is 16.2. The summed E-state index contributed by atoms with van der Waals surface area (Å²) in [6.45, 7) is 2.69. The maximum Gasteiger partial charge on any atom is 0.239 e. The van der Waals surface area contributed by atoms with Crippen molar-refractivity contribution in [1.29, 1.82) is 0 Å². The number of hydrogen-bond donors (Lipinski definition) is 1. The number of pyridine rings is 1. The molecule has 0 aliphatic rings. The van der Waals surface area contributed by atoms with Gasteiger partial charge in [-0.3, -0.25) is 14.0 Å². The predicted molar refractivity (Wildman–Crippen MR) is 72.5 cm³/mol. The number of likely N-dealkylation sites (N-methyl/N-ethyl adjacent to an activating group) is 2. The summed E-state index contributed by atoms with van der Waals surface area (Å²) in [6, 6.07) is 5.51. The third-order valence-electron chi connectivity index (χ3n) is 2.95. The summed E-state index contributed by atoms with van der Waals surface area (Å²) < 4.78 is 1.72. The van der Waals surface area contributed by atoms with Crippen LogP contribution in [0.5, 0.6) is 0 Å². The summed E-state index contributed by atoms with van der Waals surface area (Å²) >= 11 is 0. The lowest BCUT2D eigenvalue weighted by Crippen LogP contribution is -2.36. The molecule has 0 radical (unpaired) electrons. The minimum absolute atomic E-state index is 0.115. The van der Waals surface area contributed by atoms with Crippen molar-refractivity contribution in [2.24, 2.45) is 0 Å². The molecule has 2 heterocycles. The van der Waals surface area contributed by atoms with Crippen LogP contribution in [0.3, 0.4) is 0 Å². The molecule has 0 fully saturated rings. The number of imidazole rings is 1. The highest BCUT2D eigenvalue weighted by molar-refractivity contribution is 5.86. The molecule has 100 valence electrons. The fourth-order valence-electron chi connectivity index (χ4n) is 1.93. The maximum absolute atomic E-state index is 11.5. The lowest BCUT2D eigenvalue weighted by Gasteiger charge is -2.19. The van der Waals surface area contributed by atoms with Crippen molar-refractivity contribution in [3.8, 4) is 0 Å². The summed E-state index contributed by atoms with van der Waals surface area (Å²) in [4.78, 5) is 29.0. The smallest absolute Gasteiger partial charge is 0.239 e. The molecule has 1 N–H and O–H groups in total. The molecule has 0 saturated carbocycles. The van der Waals surface area contributed by atoms with Crippen LogP contribution in [0.25, 0.3) is 5.65 Å². The van der Waals surface area contributed by atoms with E-state index in [0.717, 1.165) is 6.29 Å². The Morgan fingerprint density at radius 1 is 1.53 bits per heavy atom. The maximum atomic E-state index is 11.5. The lowest BCUT2D eigenvalue weighted by atomic mass is 10.3. The topological polar surface area (TPSA) is 66.7 Å². The highest BCUT2D eigenvalue weighted by Crippen LogP contribution is 2.19. The third-order valence-corrected chi connectivity index (χ3v) is 2.95. The van der Waals surface area contributed by atoms with Crippen molar-refractivity contribution in [2.45, 2.75) is 6.92 Å². The highest BCUT2D eigenvalue weighted by Gasteiger charge is 2.18. The number of rotatable bonds is 5. The molecule has 19 heavy (non-hydrogen) atoms. The monoisotopic (exact) mass is 260 g/mol. The van der Waals surface area contributed by atoms with Gasteiger partial charge in [0, 0.05) is 19.8 Å². The molecule has 0 bridgehead atoms. The number of hydrogen-bond acceptors (Lipinski definition) is 4. The van der Waals surface area contributed by atoms with Gasteiger partial charge < -0.3 is 10.2 Å². The summed E-state index contributed by atoms with van der Waals surface area (Å²) in [5, 5.41) is 2.57. The second kappa shape index (κ2) is 5.51. The number of fused-ring (bicyclic) bond motifs is 1. The Morgan fingerprint density at radius 3 is 2.95 bits per heavy atom. The molecular weight excluding hydrogens is 244 g/mol.